The molecule has 2 rings (SSSR count). The van der Waals surface area contributed by atoms with Gasteiger partial charge in [0.05, 0.1) is 16.0 Å². The molecule has 16 heavy (non-hydrogen) atoms. The first kappa shape index (κ1) is 11.4. The predicted octanol–water partition coefficient (Wildman–Crippen LogP) is 2.71. The smallest absolute Gasteiger partial charge is 0.265 e. The van der Waals surface area contributed by atoms with Crippen molar-refractivity contribution in [2.24, 2.45) is 0 Å². The van der Waals surface area contributed by atoms with E-state index in [2.05, 4.69) is 20.9 Å². The van der Waals surface area contributed by atoms with Crippen molar-refractivity contribution < 1.29 is 0 Å². The molecule has 5 heteroatoms. The molecule has 0 fully saturated rings. The zero-order valence-electron chi connectivity index (χ0n) is 8.23. The molecular weight excluding hydrogens is 291 g/mol. The first-order valence-corrected chi connectivity index (χ1v) is 5.79. The van der Waals surface area contributed by atoms with Crippen LogP contribution in [0.5, 0.6) is 0 Å². The van der Waals surface area contributed by atoms with Crippen molar-refractivity contribution in [2.75, 3.05) is 0 Å². The van der Waals surface area contributed by atoms with Crippen LogP contribution in [-0.2, 0) is 6.54 Å². The lowest BCUT2D eigenvalue weighted by Gasteiger charge is -2.07. The molecule has 0 aliphatic rings. The third-order valence-electron chi connectivity index (χ3n) is 2.17. The molecule has 0 aliphatic heterocycles. The molecule has 0 amide bonds. The Balaban J connectivity index is 2.39. The summed E-state index contributed by atoms with van der Waals surface area (Å²) in [6, 6.07) is 5.32. The van der Waals surface area contributed by atoms with Gasteiger partial charge in [-0.3, -0.25) is 9.78 Å². The lowest BCUT2D eigenvalue weighted by molar-refractivity contribution is 0.754. The van der Waals surface area contributed by atoms with Crippen molar-refractivity contribution in [3.63, 3.8) is 0 Å². The highest BCUT2D eigenvalue weighted by Gasteiger charge is 2.03. The summed E-state index contributed by atoms with van der Waals surface area (Å²) in [6.07, 6.45) is 4.95. The molecular formula is C11H8BrClN2O. The van der Waals surface area contributed by atoms with Crippen LogP contribution < -0.4 is 5.56 Å². The highest BCUT2D eigenvalue weighted by molar-refractivity contribution is 9.10. The van der Waals surface area contributed by atoms with E-state index in [1.165, 1.54) is 0 Å². The van der Waals surface area contributed by atoms with E-state index < -0.39 is 0 Å². The van der Waals surface area contributed by atoms with E-state index in [0.717, 1.165) is 5.56 Å². The van der Waals surface area contributed by atoms with Gasteiger partial charge in [-0.05, 0) is 39.7 Å². The molecule has 0 unspecified atom stereocenters. The second kappa shape index (κ2) is 4.80. The Bertz CT molecular complexity index is 568. The highest BCUT2D eigenvalue weighted by Crippen LogP contribution is 2.14. The maximum Gasteiger partial charge on any atom is 0.265 e. The third kappa shape index (κ3) is 2.33. The van der Waals surface area contributed by atoms with Crippen LogP contribution in [0.3, 0.4) is 0 Å². The average molecular weight is 300 g/mol. The van der Waals surface area contributed by atoms with Gasteiger partial charge in [0.15, 0.2) is 0 Å². The Morgan fingerprint density at radius 1 is 1.44 bits per heavy atom. The first-order valence-electron chi connectivity index (χ1n) is 4.62. The van der Waals surface area contributed by atoms with Crippen molar-refractivity contribution >= 4 is 27.5 Å². The summed E-state index contributed by atoms with van der Waals surface area (Å²) in [5.41, 5.74) is 0.798. The van der Waals surface area contributed by atoms with Crippen LogP contribution in [0.15, 0.2) is 46.1 Å². The molecule has 0 atom stereocenters. The monoisotopic (exact) mass is 298 g/mol. The van der Waals surface area contributed by atoms with Gasteiger partial charge in [-0.1, -0.05) is 11.6 Å². The van der Waals surface area contributed by atoms with Crippen LogP contribution in [0.2, 0.25) is 5.02 Å². The zero-order chi connectivity index (χ0) is 11.5. The second-order valence-electron chi connectivity index (χ2n) is 3.26. The molecule has 2 aromatic rings. The minimum Gasteiger partial charge on any atom is -0.310 e. The molecule has 0 bridgehead atoms. The Morgan fingerprint density at radius 2 is 2.25 bits per heavy atom. The van der Waals surface area contributed by atoms with Crippen molar-refractivity contribution in [1.82, 2.24) is 9.55 Å². The highest BCUT2D eigenvalue weighted by atomic mass is 79.9. The molecule has 0 spiro atoms. The van der Waals surface area contributed by atoms with E-state index in [9.17, 15) is 4.79 Å². The van der Waals surface area contributed by atoms with Crippen molar-refractivity contribution in [1.29, 1.82) is 0 Å². The van der Waals surface area contributed by atoms with E-state index in [-0.39, 0.29) is 5.56 Å². The minimum absolute atomic E-state index is 0.0737. The van der Waals surface area contributed by atoms with E-state index in [1.807, 2.05) is 0 Å². The maximum absolute atomic E-state index is 11.7. The van der Waals surface area contributed by atoms with E-state index in [0.29, 0.717) is 16.0 Å². The van der Waals surface area contributed by atoms with Crippen molar-refractivity contribution in [3.8, 4) is 0 Å². The fraction of sp³-hybridized carbons (Fsp3) is 0.0909. The zero-order valence-corrected chi connectivity index (χ0v) is 10.6. The lowest BCUT2D eigenvalue weighted by Crippen LogP contribution is -2.20. The van der Waals surface area contributed by atoms with E-state index in [4.69, 9.17) is 11.6 Å². The van der Waals surface area contributed by atoms with Crippen LogP contribution in [-0.4, -0.2) is 9.55 Å². The molecule has 0 aliphatic carbocycles. The lowest BCUT2D eigenvalue weighted by atomic mass is 10.2. The summed E-state index contributed by atoms with van der Waals surface area (Å²) in [5.74, 6) is 0. The molecule has 2 heterocycles. The SMILES string of the molecule is O=c1c(Br)cccn1Cc1ccncc1Cl. The van der Waals surface area contributed by atoms with Gasteiger partial charge < -0.3 is 4.57 Å². The summed E-state index contributed by atoms with van der Waals surface area (Å²) in [7, 11) is 0. The number of aromatic nitrogens is 2. The molecule has 0 N–H and O–H groups in total. The van der Waals surface area contributed by atoms with Gasteiger partial charge in [0, 0.05) is 18.6 Å². The van der Waals surface area contributed by atoms with Gasteiger partial charge in [0.1, 0.15) is 0 Å². The number of nitrogens with zero attached hydrogens (tertiary/aromatic N) is 2. The first-order chi connectivity index (χ1) is 7.68. The fourth-order valence-corrected chi connectivity index (χ4v) is 1.91. The normalized spacial score (nSPS) is 10.4. The average Bonchev–Trinajstić information content (AvgIpc) is 2.28. The number of halogens is 2. The standard InChI is InChI=1S/C11H8BrClN2O/c12-9-2-1-5-15(11(9)16)7-8-3-4-14-6-10(8)13/h1-6H,7H2. The van der Waals surface area contributed by atoms with Crippen LogP contribution in [0.4, 0.5) is 0 Å². The van der Waals surface area contributed by atoms with Gasteiger partial charge in [-0.15, -0.1) is 0 Å². The summed E-state index contributed by atoms with van der Waals surface area (Å²) in [6.45, 7) is 0.444. The third-order valence-corrected chi connectivity index (χ3v) is 3.11. The Kier molecular flexibility index (Phi) is 3.41. The summed E-state index contributed by atoms with van der Waals surface area (Å²) in [4.78, 5) is 15.6. The molecule has 0 aromatic carbocycles. The van der Waals surface area contributed by atoms with Crippen LogP contribution in [0.1, 0.15) is 5.56 Å². The number of pyridine rings is 2. The van der Waals surface area contributed by atoms with E-state index in [1.54, 1.807) is 41.4 Å². The topological polar surface area (TPSA) is 34.9 Å². The summed E-state index contributed by atoms with van der Waals surface area (Å²) < 4.78 is 2.13. The number of hydrogen-bond acceptors (Lipinski definition) is 2. The van der Waals surface area contributed by atoms with Crippen LogP contribution >= 0.6 is 27.5 Å². The van der Waals surface area contributed by atoms with Gasteiger partial charge >= 0.3 is 0 Å². The van der Waals surface area contributed by atoms with Crippen LogP contribution in [0.25, 0.3) is 0 Å². The Hall–Kier alpha value is -1.13. The molecule has 0 saturated heterocycles. The fourth-order valence-electron chi connectivity index (χ4n) is 1.35. The Labute approximate surface area is 106 Å². The molecule has 82 valence electrons. The number of rotatable bonds is 2. The summed E-state index contributed by atoms with van der Waals surface area (Å²) in [5, 5.41) is 0.564. The largest absolute Gasteiger partial charge is 0.310 e. The molecule has 2 aromatic heterocycles. The van der Waals surface area contributed by atoms with Gasteiger partial charge in [-0.25, -0.2) is 0 Å². The quantitative estimate of drug-likeness (QED) is 0.854. The molecule has 0 saturated carbocycles. The second-order valence-corrected chi connectivity index (χ2v) is 4.52. The molecule has 3 nitrogen and oxygen atoms in total. The van der Waals surface area contributed by atoms with Gasteiger partial charge in [0.2, 0.25) is 0 Å². The van der Waals surface area contributed by atoms with Gasteiger partial charge in [0.25, 0.3) is 5.56 Å². The van der Waals surface area contributed by atoms with Gasteiger partial charge in [-0.2, -0.15) is 0 Å². The van der Waals surface area contributed by atoms with E-state index >= 15 is 0 Å². The Morgan fingerprint density at radius 3 is 3.00 bits per heavy atom. The van der Waals surface area contributed by atoms with Crippen molar-refractivity contribution in [3.05, 3.63) is 62.2 Å². The predicted molar refractivity (Wildman–Crippen MR) is 66.8 cm³/mol. The number of hydrogen-bond donors (Lipinski definition) is 0. The molecule has 0 radical (unpaired) electrons. The minimum atomic E-state index is -0.0737. The summed E-state index contributed by atoms with van der Waals surface area (Å²) >= 11 is 9.18. The van der Waals surface area contributed by atoms with Crippen LogP contribution in [0, 0.1) is 0 Å². The maximum atomic E-state index is 11.7. The van der Waals surface area contributed by atoms with Crippen molar-refractivity contribution in [2.45, 2.75) is 6.54 Å².